The smallest absolute Gasteiger partial charge is 0.313 e. The first-order valence-electron chi connectivity index (χ1n) is 6.35. The predicted molar refractivity (Wildman–Crippen MR) is 67.9 cm³/mol. The Bertz CT molecular complexity index is 466. The quantitative estimate of drug-likeness (QED) is 0.880. The molecule has 0 radical (unpaired) electrons. The van der Waals surface area contributed by atoms with E-state index in [4.69, 9.17) is 4.74 Å². The van der Waals surface area contributed by atoms with E-state index in [0.29, 0.717) is 26.2 Å². The minimum Gasteiger partial charge on any atom is -0.481 e. The zero-order valence-corrected chi connectivity index (χ0v) is 10.3. The fourth-order valence-corrected chi connectivity index (χ4v) is 2.90. The highest BCUT2D eigenvalue weighted by atomic mass is 16.5. The van der Waals surface area contributed by atoms with Crippen LogP contribution in [0.4, 0.5) is 5.69 Å². The van der Waals surface area contributed by atoms with Crippen LogP contribution in [0.5, 0.6) is 0 Å². The Morgan fingerprint density at radius 1 is 1.44 bits per heavy atom. The maximum absolute atomic E-state index is 11.5. The molecule has 1 N–H and O–H groups in total. The van der Waals surface area contributed by atoms with E-state index in [1.54, 1.807) is 0 Å². The van der Waals surface area contributed by atoms with Crippen LogP contribution in [-0.2, 0) is 16.0 Å². The second-order valence-corrected chi connectivity index (χ2v) is 5.19. The van der Waals surface area contributed by atoms with Crippen LogP contribution < -0.4 is 4.90 Å². The van der Waals surface area contributed by atoms with Gasteiger partial charge in [0, 0.05) is 25.4 Å². The molecule has 2 heterocycles. The molecule has 1 saturated heterocycles. The number of ether oxygens (including phenoxy) is 1. The molecule has 0 aromatic heterocycles. The second kappa shape index (κ2) is 4.28. The van der Waals surface area contributed by atoms with Gasteiger partial charge in [-0.05, 0) is 24.5 Å². The summed E-state index contributed by atoms with van der Waals surface area (Å²) in [5.74, 6) is -0.732. The van der Waals surface area contributed by atoms with Crippen molar-refractivity contribution >= 4 is 11.7 Å². The largest absolute Gasteiger partial charge is 0.481 e. The molecule has 0 saturated carbocycles. The summed E-state index contributed by atoms with van der Waals surface area (Å²) in [6.07, 6.45) is 1.62. The molecule has 0 bridgehead atoms. The van der Waals surface area contributed by atoms with Crippen LogP contribution in [0.2, 0.25) is 0 Å². The molecule has 2 aliphatic heterocycles. The fourth-order valence-electron chi connectivity index (χ4n) is 2.90. The maximum Gasteiger partial charge on any atom is 0.313 e. The number of hydrogen-bond acceptors (Lipinski definition) is 3. The number of nitrogens with zero attached hydrogens (tertiary/aromatic N) is 1. The van der Waals surface area contributed by atoms with Crippen LogP contribution in [0.25, 0.3) is 0 Å². The topological polar surface area (TPSA) is 49.8 Å². The molecule has 1 aromatic rings. The van der Waals surface area contributed by atoms with Crippen molar-refractivity contribution in [3.05, 3.63) is 29.8 Å². The Hall–Kier alpha value is -1.55. The summed E-state index contributed by atoms with van der Waals surface area (Å²) in [6.45, 7) is 2.36. The van der Waals surface area contributed by atoms with Gasteiger partial charge in [0.25, 0.3) is 0 Å². The highest BCUT2D eigenvalue weighted by Crippen LogP contribution is 2.35. The number of para-hydroxylation sites is 1. The number of aliphatic carboxylic acids is 1. The van der Waals surface area contributed by atoms with Gasteiger partial charge in [0.2, 0.25) is 0 Å². The molecule has 4 heteroatoms. The van der Waals surface area contributed by atoms with Crippen LogP contribution in [0, 0.1) is 5.41 Å². The lowest BCUT2D eigenvalue weighted by Crippen LogP contribution is -2.43. The third-order valence-electron chi connectivity index (χ3n) is 4.03. The van der Waals surface area contributed by atoms with E-state index in [-0.39, 0.29) is 0 Å². The Balaban J connectivity index is 1.83. The first-order valence-corrected chi connectivity index (χ1v) is 6.35. The number of benzene rings is 1. The van der Waals surface area contributed by atoms with Gasteiger partial charge in [-0.1, -0.05) is 18.2 Å². The zero-order valence-electron chi connectivity index (χ0n) is 10.3. The van der Waals surface area contributed by atoms with Gasteiger partial charge in [0.15, 0.2) is 0 Å². The summed E-state index contributed by atoms with van der Waals surface area (Å²) in [4.78, 5) is 13.7. The normalized spacial score (nSPS) is 26.3. The van der Waals surface area contributed by atoms with Crippen molar-refractivity contribution in [1.29, 1.82) is 0 Å². The van der Waals surface area contributed by atoms with Crippen LogP contribution in [0.3, 0.4) is 0 Å². The summed E-state index contributed by atoms with van der Waals surface area (Å²) in [5.41, 5.74) is 1.78. The Morgan fingerprint density at radius 3 is 3.00 bits per heavy atom. The monoisotopic (exact) mass is 247 g/mol. The average molecular weight is 247 g/mol. The third kappa shape index (κ3) is 1.77. The highest BCUT2D eigenvalue weighted by molar-refractivity contribution is 5.76. The number of carboxylic acid groups (broad SMARTS) is 1. The predicted octanol–water partition coefficient (Wildman–Crippen LogP) is 1.54. The molecule has 1 atom stereocenters. The van der Waals surface area contributed by atoms with Gasteiger partial charge in [-0.2, -0.15) is 0 Å². The van der Waals surface area contributed by atoms with Gasteiger partial charge in [-0.3, -0.25) is 4.79 Å². The van der Waals surface area contributed by atoms with Crippen molar-refractivity contribution in [1.82, 2.24) is 0 Å². The molecule has 1 fully saturated rings. The maximum atomic E-state index is 11.5. The summed E-state index contributed by atoms with van der Waals surface area (Å²) >= 11 is 0. The van der Waals surface area contributed by atoms with E-state index in [0.717, 1.165) is 13.0 Å². The SMILES string of the molecule is O=C(O)C1(CN2CCc3ccccc32)CCOC1. The van der Waals surface area contributed by atoms with E-state index >= 15 is 0 Å². The molecule has 1 unspecified atom stereocenters. The lowest BCUT2D eigenvalue weighted by molar-refractivity contribution is -0.148. The van der Waals surface area contributed by atoms with Crippen molar-refractivity contribution in [3.63, 3.8) is 0 Å². The molecule has 0 amide bonds. The summed E-state index contributed by atoms with van der Waals surface area (Å²) in [7, 11) is 0. The Kier molecular flexibility index (Phi) is 2.74. The first kappa shape index (κ1) is 11.5. The highest BCUT2D eigenvalue weighted by Gasteiger charge is 2.44. The molecule has 18 heavy (non-hydrogen) atoms. The number of anilines is 1. The third-order valence-corrected chi connectivity index (χ3v) is 4.03. The van der Waals surface area contributed by atoms with Gasteiger partial charge in [-0.15, -0.1) is 0 Å². The molecule has 3 rings (SSSR count). The van der Waals surface area contributed by atoms with Gasteiger partial charge in [0.1, 0.15) is 5.41 Å². The van der Waals surface area contributed by atoms with Gasteiger partial charge in [0.05, 0.1) is 6.61 Å². The molecular formula is C14H17NO3. The number of rotatable bonds is 3. The van der Waals surface area contributed by atoms with E-state index < -0.39 is 11.4 Å². The van der Waals surface area contributed by atoms with E-state index in [2.05, 4.69) is 17.0 Å². The van der Waals surface area contributed by atoms with Crippen molar-refractivity contribution in [2.45, 2.75) is 12.8 Å². The van der Waals surface area contributed by atoms with Crippen molar-refractivity contribution in [2.75, 3.05) is 31.2 Å². The minimum absolute atomic E-state index is 0.334. The lowest BCUT2D eigenvalue weighted by Gasteiger charge is -2.30. The van der Waals surface area contributed by atoms with Gasteiger partial charge < -0.3 is 14.7 Å². The van der Waals surface area contributed by atoms with Gasteiger partial charge in [-0.25, -0.2) is 0 Å². The number of fused-ring (bicyclic) bond motifs is 1. The van der Waals surface area contributed by atoms with Crippen LogP contribution in [0.1, 0.15) is 12.0 Å². The number of hydrogen-bond donors (Lipinski definition) is 1. The van der Waals surface area contributed by atoms with Crippen molar-refractivity contribution < 1.29 is 14.6 Å². The molecule has 96 valence electrons. The zero-order chi connectivity index (χ0) is 12.6. The van der Waals surface area contributed by atoms with Crippen molar-refractivity contribution in [2.24, 2.45) is 5.41 Å². The molecule has 2 aliphatic rings. The number of carboxylic acids is 1. The molecule has 1 aromatic carbocycles. The minimum atomic E-state index is -0.732. The Labute approximate surface area is 106 Å². The van der Waals surface area contributed by atoms with Crippen LogP contribution in [0.15, 0.2) is 24.3 Å². The first-order chi connectivity index (χ1) is 8.71. The van der Waals surface area contributed by atoms with E-state index in [1.165, 1.54) is 11.3 Å². The number of carbonyl (C=O) groups is 1. The molecule has 0 spiro atoms. The standard InChI is InChI=1S/C14H17NO3/c16-13(17)14(6-8-18-10-14)9-15-7-5-11-3-1-2-4-12(11)15/h1-4H,5-10H2,(H,16,17). The van der Waals surface area contributed by atoms with E-state index in [1.807, 2.05) is 12.1 Å². The summed E-state index contributed by atoms with van der Waals surface area (Å²) in [5, 5.41) is 9.47. The molecular weight excluding hydrogens is 230 g/mol. The van der Waals surface area contributed by atoms with Gasteiger partial charge >= 0.3 is 5.97 Å². The van der Waals surface area contributed by atoms with Crippen LogP contribution in [-0.4, -0.2) is 37.4 Å². The van der Waals surface area contributed by atoms with Crippen molar-refractivity contribution in [3.8, 4) is 0 Å². The lowest BCUT2D eigenvalue weighted by atomic mass is 9.87. The molecule has 4 nitrogen and oxygen atoms in total. The average Bonchev–Trinajstić information content (AvgIpc) is 2.99. The fraction of sp³-hybridized carbons (Fsp3) is 0.500. The summed E-state index contributed by atoms with van der Waals surface area (Å²) in [6, 6.07) is 8.24. The Morgan fingerprint density at radius 2 is 2.28 bits per heavy atom. The van der Waals surface area contributed by atoms with Crippen LogP contribution >= 0.6 is 0 Å². The summed E-state index contributed by atoms with van der Waals surface area (Å²) < 4.78 is 5.31. The second-order valence-electron chi connectivity index (χ2n) is 5.19. The van der Waals surface area contributed by atoms with E-state index in [9.17, 15) is 9.90 Å². The molecule has 0 aliphatic carbocycles.